The molecule has 0 amide bonds. The monoisotopic (exact) mass is 189 g/mol. The molecule has 0 aliphatic carbocycles. The second-order valence-corrected chi connectivity index (χ2v) is 3.26. The fraction of sp³-hybridized carbons (Fsp3) is 0. The van der Waals surface area contributed by atoms with Gasteiger partial charge in [0.1, 0.15) is 0 Å². The lowest BCUT2D eigenvalue weighted by molar-refractivity contribution is -0.195. The number of rotatable bonds is 3. The molecule has 0 fully saturated rings. The number of hydrogen-bond acceptors (Lipinski definition) is 4. The lowest BCUT2D eigenvalue weighted by Gasteiger charge is -1.97. The largest absolute Gasteiger partial charge is 0.182 e. The molecule has 11 heavy (non-hydrogen) atoms. The molecule has 0 bridgehead atoms. The molecule has 1 rings (SSSR count). The quantitative estimate of drug-likeness (QED) is 0.333. The summed E-state index contributed by atoms with van der Waals surface area (Å²) in [5.74, 6) is 4.66. The molecule has 0 heterocycles. The first kappa shape index (κ1) is 8.97. The van der Waals surface area contributed by atoms with E-state index in [1.54, 1.807) is 0 Å². The molecule has 60 valence electrons. The average molecular weight is 189 g/mol. The highest BCUT2D eigenvalue weighted by Crippen LogP contribution is 2.17. The van der Waals surface area contributed by atoms with Crippen LogP contribution in [0.2, 0.25) is 0 Å². The molecule has 0 aliphatic rings. The summed E-state index contributed by atoms with van der Waals surface area (Å²) in [4.78, 5) is 4.88. The molecule has 1 atom stereocenters. The molecule has 0 aliphatic heterocycles. The van der Waals surface area contributed by atoms with Gasteiger partial charge in [-0.1, -0.05) is 12.1 Å². The molecule has 5 heteroatoms. The minimum Gasteiger partial charge on any atom is -0.182 e. The van der Waals surface area contributed by atoms with Crippen molar-refractivity contribution in [2.45, 2.75) is 4.90 Å². The summed E-state index contributed by atoms with van der Waals surface area (Å²) in [6.07, 6.45) is 0. The normalized spacial score (nSPS) is 10.0. The predicted octanol–water partition coefficient (Wildman–Crippen LogP) is 1.02. The Bertz CT molecular complexity index is 216. The highest BCUT2D eigenvalue weighted by atomic mass is 32.2. The minimum absolute atomic E-state index is 0.946. The van der Waals surface area contributed by atoms with Crippen molar-refractivity contribution < 1.29 is 9.32 Å². The summed E-state index contributed by atoms with van der Waals surface area (Å²) in [6, 6.07) is 7.72. The van der Waals surface area contributed by atoms with Crippen LogP contribution in [0.4, 0.5) is 0 Å². The van der Waals surface area contributed by atoms with E-state index < -0.39 is 0 Å². The van der Waals surface area contributed by atoms with E-state index >= 15 is 0 Å². The summed E-state index contributed by atoms with van der Waals surface area (Å²) in [7, 11) is 2.59. The van der Waals surface area contributed by atoms with Crippen LogP contribution in [0.5, 0.6) is 0 Å². The third-order valence-corrected chi connectivity index (χ3v) is 2.05. The van der Waals surface area contributed by atoms with Crippen molar-refractivity contribution >= 4 is 26.6 Å². The molecule has 1 unspecified atom stereocenters. The van der Waals surface area contributed by atoms with Crippen LogP contribution in [0.15, 0.2) is 29.2 Å². The maximum atomic E-state index is 4.66. The maximum absolute atomic E-state index is 4.66. The Hall–Kier alpha value is -0.120. The predicted molar refractivity (Wildman–Crippen MR) is 48.0 cm³/mol. The average Bonchev–Trinajstić information content (AvgIpc) is 2.04. The standard InChI is InChI=1S/C6H8NO2PS/c7-8-9-11-6-3-1-5(10)2-4-6/h1-4H,7,10H2. The van der Waals surface area contributed by atoms with Gasteiger partial charge in [-0.15, -0.1) is 18.6 Å². The van der Waals surface area contributed by atoms with Gasteiger partial charge in [0.2, 0.25) is 0 Å². The van der Waals surface area contributed by atoms with E-state index in [0.717, 1.165) is 22.2 Å². The Morgan fingerprint density at radius 2 is 1.91 bits per heavy atom. The van der Waals surface area contributed by atoms with E-state index in [1.165, 1.54) is 0 Å². The van der Waals surface area contributed by atoms with Crippen molar-refractivity contribution in [1.29, 1.82) is 0 Å². The van der Waals surface area contributed by atoms with Gasteiger partial charge in [0.25, 0.3) is 0 Å². The molecule has 0 radical (unpaired) electrons. The van der Waals surface area contributed by atoms with Gasteiger partial charge in [-0.2, -0.15) is 5.90 Å². The lowest BCUT2D eigenvalue weighted by Crippen LogP contribution is -1.94. The fourth-order valence-electron chi connectivity index (χ4n) is 0.582. The summed E-state index contributed by atoms with van der Waals surface area (Å²) in [6.45, 7) is 0. The minimum atomic E-state index is 0.946. The van der Waals surface area contributed by atoms with Crippen molar-refractivity contribution in [3.05, 3.63) is 24.3 Å². The molecule has 3 nitrogen and oxygen atoms in total. The third-order valence-electron chi connectivity index (χ3n) is 1.05. The van der Waals surface area contributed by atoms with Gasteiger partial charge in [-0.05, 0) is 17.4 Å². The molecular formula is C6H8NO2PS. The van der Waals surface area contributed by atoms with E-state index in [-0.39, 0.29) is 0 Å². The van der Waals surface area contributed by atoms with E-state index in [0.29, 0.717) is 0 Å². The number of hydrogen-bond donors (Lipinski definition) is 1. The topological polar surface area (TPSA) is 44.5 Å². The zero-order chi connectivity index (χ0) is 8.10. The third kappa shape index (κ3) is 3.18. The molecular weight excluding hydrogens is 181 g/mol. The van der Waals surface area contributed by atoms with Crippen LogP contribution in [0, 0.1) is 0 Å². The van der Waals surface area contributed by atoms with Crippen LogP contribution >= 0.6 is 21.3 Å². The first-order chi connectivity index (χ1) is 5.33. The van der Waals surface area contributed by atoms with Gasteiger partial charge in [0.05, 0.1) is 12.0 Å². The summed E-state index contributed by atoms with van der Waals surface area (Å²) in [5, 5.41) is 1.13. The molecule has 0 saturated carbocycles. The van der Waals surface area contributed by atoms with E-state index in [1.807, 2.05) is 24.3 Å². The SMILES string of the molecule is NOOSc1ccc(P)cc1. The molecule has 1 aromatic carbocycles. The lowest BCUT2D eigenvalue weighted by atomic mass is 10.4. The van der Waals surface area contributed by atoms with Crippen LogP contribution in [-0.4, -0.2) is 0 Å². The van der Waals surface area contributed by atoms with Crippen molar-refractivity contribution in [3.63, 3.8) is 0 Å². The molecule has 2 N–H and O–H groups in total. The highest BCUT2D eigenvalue weighted by molar-refractivity contribution is 7.94. The van der Waals surface area contributed by atoms with Crippen molar-refractivity contribution in [2.75, 3.05) is 0 Å². The summed E-state index contributed by atoms with van der Waals surface area (Å²) >= 11 is 1.07. The van der Waals surface area contributed by atoms with Gasteiger partial charge in [-0.3, -0.25) is 0 Å². The first-order valence-corrected chi connectivity index (χ1v) is 4.20. The Morgan fingerprint density at radius 1 is 1.27 bits per heavy atom. The molecule has 0 aromatic heterocycles. The highest BCUT2D eigenvalue weighted by Gasteiger charge is 1.92. The van der Waals surface area contributed by atoms with Crippen LogP contribution in [0.25, 0.3) is 0 Å². The van der Waals surface area contributed by atoms with E-state index in [4.69, 9.17) is 0 Å². The Morgan fingerprint density at radius 3 is 2.45 bits per heavy atom. The van der Waals surface area contributed by atoms with Crippen LogP contribution < -0.4 is 11.2 Å². The zero-order valence-electron chi connectivity index (χ0n) is 5.69. The summed E-state index contributed by atoms with van der Waals surface area (Å²) in [5.41, 5.74) is 0. The Labute approximate surface area is 71.5 Å². The number of benzene rings is 1. The smallest absolute Gasteiger partial charge is 0.0702 e. The van der Waals surface area contributed by atoms with Gasteiger partial charge >= 0.3 is 0 Å². The zero-order valence-corrected chi connectivity index (χ0v) is 7.66. The first-order valence-electron chi connectivity index (χ1n) is 2.88. The second-order valence-electron chi connectivity index (χ2n) is 1.82. The van der Waals surface area contributed by atoms with Crippen molar-refractivity contribution in [1.82, 2.24) is 0 Å². The van der Waals surface area contributed by atoms with Crippen molar-refractivity contribution in [2.24, 2.45) is 5.90 Å². The summed E-state index contributed by atoms with van der Waals surface area (Å²) < 4.78 is 4.45. The Balaban J connectivity index is 2.52. The Kier molecular flexibility index (Phi) is 3.83. The van der Waals surface area contributed by atoms with Gasteiger partial charge < -0.3 is 0 Å². The second kappa shape index (κ2) is 4.70. The van der Waals surface area contributed by atoms with Gasteiger partial charge in [0.15, 0.2) is 0 Å². The fourth-order valence-corrected chi connectivity index (χ4v) is 1.14. The molecule has 0 spiro atoms. The van der Waals surface area contributed by atoms with Gasteiger partial charge in [-0.25, -0.2) is 0 Å². The van der Waals surface area contributed by atoms with E-state index in [9.17, 15) is 0 Å². The number of nitrogens with two attached hydrogens (primary N) is 1. The van der Waals surface area contributed by atoms with Crippen molar-refractivity contribution in [3.8, 4) is 0 Å². The molecule has 1 aromatic rings. The van der Waals surface area contributed by atoms with E-state index in [2.05, 4.69) is 24.5 Å². The van der Waals surface area contributed by atoms with Gasteiger partial charge in [0, 0.05) is 4.90 Å². The maximum Gasteiger partial charge on any atom is 0.0702 e. The van der Waals surface area contributed by atoms with Crippen LogP contribution in [-0.2, 0) is 9.32 Å². The molecule has 0 saturated heterocycles. The van der Waals surface area contributed by atoms with Crippen LogP contribution in [0.3, 0.4) is 0 Å². The van der Waals surface area contributed by atoms with Crippen LogP contribution in [0.1, 0.15) is 0 Å².